The van der Waals surface area contributed by atoms with Gasteiger partial charge in [-0.15, -0.1) is 0 Å². The molecule has 0 aliphatic carbocycles. The van der Waals surface area contributed by atoms with Crippen LogP contribution in [-0.4, -0.2) is 62.2 Å². The maximum absolute atomic E-state index is 11.2. The molecule has 8 nitrogen and oxygen atoms in total. The normalized spacial score (nSPS) is 27.2. The van der Waals surface area contributed by atoms with Crippen molar-refractivity contribution < 1.29 is 38.2 Å². The number of nitrogens with one attached hydrogen (secondary N) is 1. The van der Waals surface area contributed by atoms with E-state index >= 15 is 0 Å². The molecule has 1 aliphatic rings. The van der Waals surface area contributed by atoms with Crippen LogP contribution in [0.5, 0.6) is 0 Å². The Kier molecular flexibility index (Phi) is 4.07. The molecule has 0 spiro atoms. The summed E-state index contributed by atoms with van der Waals surface area (Å²) in [6.45, 7) is -1.38. The first-order valence-electron chi connectivity index (χ1n) is 4.84. The third kappa shape index (κ3) is 3.95. The molecule has 9 heteroatoms. The Labute approximate surface area is 97.4 Å². The second kappa shape index (κ2) is 4.98. The van der Waals surface area contributed by atoms with Crippen molar-refractivity contribution in [1.29, 1.82) is 0 Å². The van der Waals surface area contributed by atoms with E-state index in [9.17, 15) is 33.3 Å². The van der Waals surface area contributed by atoms with Crippen molar-refractivity contribution in [3.8, 4) is 0 Å². The lowest BCUT2D eigenvalue weighted by atomic mass is 10.2. The number of aliphatic hydroxyl groups is 1. The number of carbonyl (C=O) groups excluding carboxylic acids is 2. The van der Waals surface area contributed by atoms with Gasteiger partial charge in [-0.05, 0) is 0 Å². The summed E-state index contributed by atoms with van der Waals surface area (Å²) in [6, 6.07) is -0.976. The summed E-state index contributed by atoms with van der Waals surface area (Å²) in [4.78, 5) is 20.8. The second-order valence-corrected chi connectivity index (χ2v) is 6.16. The fourth-order valence-electron chi connectivity index (χ4n) is 1.91. The van der Waals surface area contributed by atoms with Crippen LogP contribution >= 0.6 is 0 Å². The first-order valence-corrected chi connectivity index (χ1v) is 6.66. The smallest absolute Gasteiger partial charge is 0.159 e. The molecule has 0 aromatic heterocycles. The zero-order chi connectivity index (χ0) is 13.2. The van der Waals surface area contributed by atoms with Crippen molar-refractivity contribution in [1.82, 2.24) is 0 Å². The lowest BCUT2D eigenvalue weighted by molar-refractivity contribution is -0.914. The number of hydrogen-bond acceptors (Lipinski definition) is 7. The lowest BCUT2D eigenvalue weighted by Gasteiger charge is -2.27. The Hall–Kier alpha value is -1.19. The summed E-state index contributed by atoms with van der Waals surface area (Å²) in [6.07, 6.45) is -1.27. The van der Waals surface area contributed by atoms with Gasteiger partial charge >= 0.3 is 0 Å². The van der Waals surface area contributed by atoms with Gasteiger partial charge in [0.05, 0.1) is 17.7 Å². The quantitative estimate of drug-likeness (QED) is 0.504. The molecule has 1 aliphatic heterocycles. The van der Waals surface area contributed by atoms with Crippen molar-refractivity contribution in [2.75, 3.05) is 24.6 Å². The minimum absolute atomic E-state index is 0.0847. The van der Waals surface area contributed by atoms with Crippen LogP contribution in [-0.2, 0) is 19.4 Å². The van der Waals surface area contributed by atoms with Crippen LogP contribution in [0.2, 0.25) is 0 Å². The van der Waals surface area contributed by atoms with Crippen LogP contribution in [0.15, 0.2) is 0 Å². The van der Waals surface area contributed by atoms with E-state index in [-0.39, 0.29) is 4.90 Å². The van der Waals surface area contributed by atoms with E-state index in [0.29, 0.717) is 0 Å². The maximum atomic E-state index is 11.2. The van der Waals surface area contributed by atoms with E-state index in [0.717, 1.165) is 0 Å². The minimum atomic E-state index is -3.46. The summed E-state index contributed by atoms with van der Waals surface area (Å²) in [7, 11) is -3.46. The largest absolute Gasteiger partial charge is 0.544 e. The number of carboxylic acid groups (broad SMARTS) is 2. The fourth-order valence-corrected chi connectivity index (χ4v) is 3.81. The highest BCUT2D eigenvalue weighted by molar-refractivity contribution is 7.91. The summed E-state index contributed by atoms with van der Waals surface area (Å²) in [5.41, 5.74) is 0. The number of sulfone groups is 1. The average molecular weight is 266 g/mol. The molecule has 1 rings (SSSR count). The molecule has 0 aromatic rings. The van der Waals surface area contributed by atoms with Gasteiger partial charge in [-0.1, -0.05) is 0 Å². The second-order valence-electron chi connectivity index (χ2n) is 4.01. The van der Waals surface area contributed by atoms with Gasteiger partial charge in [0.15, 0.2) is 9.84 Å². The van der Waals surface area contributed by atoms with Crippen molar-refractivity contribution in [3.05, 3.63) is 0 Å². The summed E-state index contributed by atoms with van der Waals surface area (Å²) >= 11 is 0. The molecule has 17 heavy (non-hydrogen) atoms. The fraction of sp³-hybridized carbons (Fsp3) is 0.750. The van der Waals surface area contributed by atoms with E-state index < -0.39 is 58.5 Å². The van der Waals surface area contributed by atoms with E-state index in [2.05, 4.69) is 0 Å². The molecule has 98 valence electrons. The monoisotopic (exact) mass is 266 g/mol. The van der Waals surface area contributed by atoms with Gasteiger partial charge in [-0.25, -0.2) is 8.42 Å². The van der Waals surface area contributed by atoms with Crippen molar-refractivity contribution >= 4 is 21.8 Å². The first-order chi connectivity index (χ1) is 7.71. The predicted molar refractivity (Wildman–Crippen MR) is 49.2 cm³/mol. The highest BCUT2D eigenvalue weighted by Crippen LogP contribution is 2.09. The molecule has 0 bridgehead atoms. The Morgan fingerprint density at radius 1 is 1.18 bits per heavy atom. The molecule has 1 heterocycles. The van der Waals surface area contributed by atoms with Gasteiger partial charge in [0, 0.05) is 0 Å². The highest BCUT2D eigenvalue weighted by atomic mass is 32.2. The Bertz CT molecular complexity index is 402. The molecular weight excluding hydrogens is 254 g/mol. The molecule has 0 unspecified atom stereocenters. The van der Waals surface area contributed by atoms with Gasteiger partial charge in [0.2, 0.25) is 0 Å². The van der Waals surface area contributed by atoms with Crippen LogP contribution in [0.4, 0.5) is 0 Å². The standard InChI is InChI=1S/C8H13NO7S/c10-6-4-17(15,16)3-5(6)9(1-7(11)12)2-8(13)14/h5-6,10H,1-4H2,(H,11,12)(H,13,14)/p-1/t5-,6-/m0/s1. The minimum Gasteiger partial charge on any atom is -0.544 e. The summed E-state index contributed by atoms with van der Waals surface area (Å²) < 4.78 is 22.5. The molecule has 2 N–H and O–H groups in total. The van der Waals surface area contributed by atoms with Gasteiger partial charge in [0.25, 0.3) is 0 Å². The van der Waals surface area contributed by atoms with Gasteiger partial charge in [-0.3, -0.25) is 0 Å². The predicted octanol–water partition coefficient (Wildman–Crippen LogP) is -6.47. The number of quaternary nitrogens is 1. The first kappa shape index (κ1) is 13.9. The third-order valence-corrected chi connectivity index (χ3v) is 4.31. The summed E-state index contributed by atoms with van der Waals surface area (Å²) in [5.74, 6) is -3.96. The molecule has 0 aromatic carbocycles. The van der Waals surface area contributed by atoms with Crippen LogP contribution in [0.1, 0.15) is 0 Å². The van der Waals surface area contributed by atoms with Crippen LogP contribution in [0.25, 0.3) is 0 Å². The molecular formula is C8H12NO7S-. The lowest BCUT2D eigenvalue weighted by Crippen LogP contribution is -3.19. The SMILES string of the molecule is O=C([O-])C[NH+](CC(=O)[O-])[C@H]1CS(=O)(=O)C[C@@H]1O. The van der Waals surface area contributed by atoms with Crippen molar-refractivity contribution in [3.63, 3.8) is 0 Å². The molecule has 0 saturated carbocycles. The third-order valence-electron chi connectivity index (χ3n) is 2.59. The van der Waals surface area contributed by atoms with Crippen LogP contribution < -0.4 is 15.1 Å². The van der Waals surface area contributed by atoms with Gasteiger partial charge < -0.3 is 29.8 Å². The van der Waals surface area contributed by atoms with Crippen LogP contribution in [0.3, 0.4) is 0 Å². The van der Waals surface area contributed by atoms with E-state index in [1.807, 2.05) is 0 Å². The van der Waals surface area contributed by atoms with Crippen molar-refractivity contribution in [2.24, 2.45) is 0 Å². The average Bonchev–Trinajstić information content (AvgIpc) is 2.36. The van der Waals surface area contributed by atoms with E-state index in [1.54, 1.807) is 0 Å². The molecule has 0 amide bonds. The Balaban J connectivity index is 2.83. The van der Waals surface area contributed by atoms with Crippen LogP contribution in [0, 0.1) is 0 Å². The topological polar surface area (TPSA) is 139 Å². The van der Waals surface area contributed by atoms with Crippen molar-refractivity contribution in [2.45, 2.75) is 12.1 Å². The molecule has 0 radical (unpaired) electrons. The number of carboxylic acids is 2. The van der Waals surface area contributed by atoms with E-state index in [1.165, 1.54) is 0 Å². The van der Waals surface area contributed by atoms with E-state index in [4.69, 9.17) is 0 Å². The zero-order valence-electron chi connectivity index (χ0n) is 8.79. The molecule has 1 saturated heterocycles. The van der Waals surface area contributed by atoms with Gasteiger partial charge in [0.1, 0.15) is 31.0 Å². The number of rotatable bonds is 5. The number of hydrogen-bond donors (Lipinski definition) is 2. The summed E-state index contributed by atoms with van der Waals surface area (Å²) in [5, 5.41) is 30.4. The molecule has 1 fully saturated rings. The highest BCUT2D eigenvalue weighted by Gasteiger charge is 2.43. The Morgan fingerprint density at radius 3 is 1.94 bits per heavy atom. The molecule has 2 atom stereocenters. The number of aliphatic carboxylic acids is 2. The maximum Gasteiger partial charge on any atom is 0.159 e. The number of carbonyl (C=O) groups is 2. The Morgan fingerprint density at radius 2 is 1.65 bits per heavy atom. The number of aliphatic hydroxyl groups excluding tert-OH is 1. The van der Waals surface area contributed by atoms with Gasteiger partial charge in [-0.2, -0.15) is 0 Å². The zero-order valence-corrected chi connectivity index (χ0v) is 9.60.